The van der Waals surface area contributed by atoms with E-state index in [0.717, 1.165) is 0 Å². The summed E-state index contributed by atoms with van der Waals surface area (Å²) in [5.41, 5.74) is 0. The number of nitrogens with zero attached hydrogens (tertiary/aromatic N) is 3. The summed E-state index contributed by atoms with van der Waals surface area (Å²) in [6, 6.07) is 0. The smallest absolute Gasteiger partial charge is 0.296 e. The molecule has 0 fully saturated rings. The highest BCUT2D eigenvalue weighted by molar-refractivity contribution is 8.13. The lowest BCUT2D eigenvalue weighted by Crippen LogP contribution is -2.09. The van der Waals surface area contributed by atoms with Gasteiger partial charge in [-0.05, 0) is 13.8 Å². The molecule has 15 heavy (non-hydrogen) atoms. The molecule has 0 saturated heterocycles. The zero-order valence-corrected chi connectivity index (χ0v) is 10.0. The highest BCUT2D eigenvalue weighted by Crippen LogP contribution is 2.14. The fraction of sp³-hybridized carbons (Fsp3) is 0.714. The third-order valence-electron chi connectivity index (χ3n) is 1.76. The van der Waals surface area contributed by atoms with Crippen molar-refractivity contribution in [2.24, 2.45) is 0 Å². The topological polar surface area (TPSA) is 74.1 Å². The standard InChI is InChI=1S/C7H12ClN3O3S/c1-3-11-6(5-14-4-2)9-10-7(11)15(8,12)13/h3-5H2,1-2H3. The molecule has 0 bridgehead atoms. The van der Waals surface area contributed by atoms with Crippen molar-refractivity contribution >= 4 is 19.7 Å². The van der Waals surface area contributed by atoms with Crippen LogP contribution in [0.4, 0.5) is 0 Å². The normalized spacial score (nSPS) is 11.9. The summed E-state index contributed by atoms with van der Waals surface area (Å²) in [6.07, 6.45) is 0. The van der Waals surface area contributed by atoms with E-state index < -0.39 is 9.05 Å². The van der Waals surface area contributed by atoms with Crippen molar-refractivity contribution in [2.45, 2.75) is 32.2 Å². The molecule has 1 aromatic rings. The van der Waals surface area contributed by atoms with Gasteiger partial charge in [-0.1, -0.05) is 0 Å². The predicted molar refractivity (Wildman–Crippen MR) is 54.1 cm³/mol. The van der Waals surface area contributed by atoms with Gasteiger partial charge in [-0.25, -0.2) is 8.42 Å². The number of ether oxygens (including phenoxy) is 1. The van der Waals surface area contributed by atoms with Gasteiger partial charge in [-0.2, -0.15) is 0 Å². The van der Waals surface area contributed by atoms with E-state index in [1.54, 1.807) is 6.92 Å². The first kappa shape index (κ1) is 12.4. The molecule has 8 heteroatoms. The van der Waals surface area contributed by atoms with Crippen molar-refractivity contribution in [1.29, 1.82) is 0 Å². The van der Waals surface area contributed by atoms with E-state index in [1.807, 2.05) is 6.92 Å². The van der Waals surface area contributed by atoms with Crippen molar-refractivity contribution in [2.75, 3.05) is 6.61 Å². The van der Waals surface area contributed by atoms with Crippen molar-refractivity contribution in [3.05, 3.63) is 5.82 Å². The second-order valence-corrected chi connectivity index (χ2v) is 5.18. The quantitative estimate of drug-likeness (QED) is 0.725. The van der Waals surface area contributed by atoms with Gasteiger partial charge in [0, 0.05) is 23.8 Å². The van der Waals surface area contributed by atoms with Gasteiger partial charge in [0.2, 0.25) is 0 Å². The molecular formula is C7H12ClN3O3S. The number of hydrogen-bond acceptors (Lipinski definition) is 5. The molecule has 0 unspecified atom stereocenters. The Bertz CT molecular complexity index is 429. The Morgan fingerprint density at radius 1 is 1.40 bits per heavy atom. The molecule has 6 nitrogen and oxygen atoms in total. The van der Waals surface area contributed by atoms with Crippen molar-refractivity contribution in [1.82, 2.24) is 14.8 Å². The highest BCUT2D eigenvalue weighted by atomic mass is 35.7. The molecule has 1 heterocycles. The van der Waals surface area contributed by atoms with E-state index in [4.69, 9.17) is 15.4 Å². The van der Waals surface area contributed by atoms with Gasteiger partial charge in [-0.15, -0.1) is 10.2 Å². The fourth-order valence-corrected chi connectivity index (χ4v) is 2.10. The maximum atomic E-state index is 11.1. The SMILES string of the molecule is CCOCc1nnc(S(=O)(=O)Cl)n1CC. The third-order valence-corrected chi connectivity index (χ3v) is 2.92. The van der Waals surface area contributed by atoms with Crippen molar-refractivity contribution < 1.29 is 13.2 Å². The Kier molecular flexibility index (Phi) is 4.06. The zero-order chi connectivity index (χ0) is 11.5. The first-order chi connectivity index (χ1) is 7.00. The van der Waals surface area contributed by atoms with Crippen molar-refractivity contribution in [3.63, 3.8) is 0 Å². The zero-order valence-electron chi connectivity index (χ0n) is 8.47. The summed E-state index contributed by atoms with van der Waals surface area (Å²) < 4.78 is 28.7. The molecular weight excluding hydrogens is 242 g/mol. The molecule has 0 N–H and O–H groups in total. The molecule has 0 radical (unpaired) electrons. The van der Waals surface area contributed by atoms with Crippen LogP contribution < -0.4 is 0 Å². The van der Waals surface area contributed by atoms with Gasteiger partial charge in [0.05, 0.1) is 0 Å². The van der Waals surface area contributed by atoms with Crippen LogP contribution in [0.2, 0.25) is 0 Å². The Labute approximate surface area is 92.6 Å². The molecule has 1 aromatic heterocycles. The minimum atomic E-state index is -3.84. The van der Waals surface area contributed by atoms with Crippen LogP contribution in [0.25, 0.3) is 0 Å². The number of hydrogen-bond donors (Lipinski definition) is 0. The maximum Gasteiger partial charge on any atom is 0.296 e. The van der Waals surface area contributed by atoms with Gasteiger partial charge >= 0.3 is 0 Å². The average Bonchev–Trinajstić information content (AvgIpc) is 2.56. The number of rotatable bonds is 5. The fourth-order valence-electron chi connectivity index (χ4n) is 1.12. The number of halogens is 1. The van der Waals surface area contributed by atoms with Crippen LogP contribution >= 0.6 is 10.7 Å². The molecule has 0 aliphatic heterocycles. The monoisotopic (exact) mass is 253 g/mol. The lowest BCUT2D eigenvalue weighted by atomic mass is 10.6. The van der Waals surface area contributed by atoms with Gasteiger partial charge in [-0.3, -0.25) is 4.57 Å². The summed E-state index contributed by atoms with van der Waals surface area (Å²) >= 11 is 0. The largest absolute Gasteiger partial charge is 0.374 e. The van der Waals surface area contributed by atoms with Gasteiger partial charge in [0.1, 0.15) is 6.61 Å². The predicted octanol–water partition coefficient (Wildman–Crippen LogP) is 0.762. The highest BCUT2D eigenvalue weighted by Gasteiger charge is 2.21. The minimum Gasteiger partial charge on any atom is -0.374 e. The molecule has 0 aliphatic carbocycles. The van der Waals surface area contributed by atoms with Crippen LogP contribution in [0.1, 0.15) is 19.7 Å². The van der Waals surface area contributed by atoms with Crippen LogP contribution in [0, 0.1) is 0 Å². The first-order valence-corrected chi connectivity index (χ1v) is 6.76. The summed E-state index contributed by atoms with van der Waals surface area (Å²) in [6.45, 7) is 4.80. The Morgan fingerprint density at radius 2 is 2.07 bits per heavy atom. The Balaban J connectivity index is 3.06. The van der Waals surface area contributed by atoms with E-state index in [2.05, 4.69) is 10.2 Å². The van der Waals surface area contributed by atoms with Gasteiger partial charge in [0.15, 0.2) is 5.82 Å². The van der Waals surface area contributed by atoms with E-state index in [9.17, 15) is 8.42 Å². The van der Waals surface area contributed by atoms with Crippen LogP contribution in [0.15, 0.2) is 5.16 Å². The number of aromatic nitrogens is 3. The van der Waals surface area contributed by atoms with Crippen molar-refractivity contribution in [3.8, 4) is 0 Å². The second kappa shape index (κ2) is 4.91. The molecule has 0 atom stereocenters. The van der Waals surface area contributed by atoms with Gasteiger partial charge < -0.3 is 4.74 Å². The first-order valence-electron chi connectivity index (χ1n) is 4.45. The third kappa shape index (κ3) is 2.90. The Morgan fingerprint density at radius 3 is 2.53 bits per heavy atom. The minimum absolute atomic E-state index is 0.226. The summed E-state index contributed by atoms with van der Waals surface area (Å²) in [5, 5.41) is 7.00. The average molecular weight is 254 g/mol. The van der Waals surface area contributed by atoms with Gasteiger partial charge in [0.25, 0.3) is 14.2 Å². The van der Waals surface area contributed by atoms with E-state index >= 15 is 0 Å². The van der Waals surface area contributed by atoms with Crippen LogP contribution in [-0.2, 0) is 26.9 Å². The molecule has 0 spiro atoms. The van der Waals surface area contributed by atoms with E-state index in [-0.39, 0.29) is 11.8 Å². The molecule has 1 rings (SSSR count). The molecule has 0 aliphatic rings. The van der Waals surface area contributed by atoms with Crippen LogP contribution in [0.3, 0.4) is 0 Å². The molecule has 86 valence electrons. The van der Waals surface area contributed by atoms with E-state index in [1.165, 1.54) is 4.57 Å². The summed E-state index contributed by atoms with van der Waals surface area (Å²) in [5.74, 6) is 0.457. The van der Waals surface area contributed by atoms with Crippen LogP contribution in [0.5, 0.6) is 0 Å². The lowest BCUT2D eigenvalue weighted by Gasteiger charge is -2.04. The van der Waals surface area contributed by atoms with Crippen LogP contribution in [-0.4, -0.2) is 29.8 Å². The summed E-state index contributed by atoms with van der Waals surface area (Å²) in [7, 11) is 1.35. The molecule has 0 saturated carbocycles. The molecule has 0 aromatic carbocycles. The second-order valence-electron chi connectivity index (χ2n) is 2.72. The summed E-state index contributed by atoms with van der Waals surface area (Å²) in [4.78, 5) is 0. The Hall–Kier alpha value is -0.660. The maximum absolute atomic E-state index is 11.1. The molecule has 0 amide bonds. The lowest BCUT2D eigenvalue weighted by molar-refractivity contribution is 0.125. The van der Waals surface area contributed by atoms with E-state index in [0.29, 0.717) is 19.0 Å².